The van der Waals surface area contributed by atoms with Gasteiger partial charge >= 0.3 is 0 Å². The first-order chi connectivity index (χ1) is 12.4. The first-order valence-electron chi connectivity index (χ1n) is 11.6. The van der Waals surface area contributed by atoms with Crippen LogP contribution in [0, 0.1) is 0 Å². The highest BCUT2D eigenvalue weighted by atomic mass is 16.6. The molecule has 0 aromatic rings. The maximum absolute atomic E-state index is 5.17. The molecule has 2 heteroatoms. The summed E-state index contributed by atoms with van der Waals surface area (Å²) in [5.41, 5.74) is 0. The Balaban J connectivity index is 0.000000251. The van der Waals surface area contributed by atoms with Crippen molar-refractivity contribution < 1.29 is 9.47 Å². The second kappa shape index (κ2) is 17.3. The predicted octanol–water partition coefficient (Wildman–Crippen LogP) is 7.44. The Labute approximate surface area is 158 Å². The maximum Gasteiger partial charge on any atom is 0.0810 e. The summed E-state index contributed by atoms with van der Waals surface area (Å²) in [6.07, 6.45) is 25.2. The third kappa shape index (κ3) is 18.5. The average molecular weight is 355 g/mol. The molecule has 25 heavy (non-hydrogen) atoms. The van der Waals surface area contributed by atoms with Crippen molar-refractivity contribution in [1.82, 2.24) is 0 Å². The van der Waals surface area contributed by atoms with E-state index in [1.54, 1.807) is 0 Å². The standard InChI is InChI=1S/C12H24O.C11H22O/c1-2-3-4-5-6-7-8-9-10-12-11-13-12;1-2-3-4-5-6-7-8-9-11-10-12-11/h12H,2-11H2,1H3;11H,2-10H2,1H3. The third-order valence-corrected chi connectivity index (χ3v) is 5.31. The van der Waals surface area contributed by atoms with Gasteiger partial charge in [-0.15, -0.1) is 0 Å². The van der Waals surface area contributed by atoms with E-state index in [0.29, 0.717) is 12.2 Å². The van der Waals surface area contributed by atoms with Crippen LogP contribution < -0.4 is 0 Å². The van der Waals surface area contributed by atoms with Gasteiger partial charge in [-0.05, 0) is 12.8 Å². The van der Waals surface area contributed by atoms with Crippen LogP contribution in [-0.2, 0) is 9.47 Å². The molecule has 0 saturated carbocycles. The summed E-state index contributed by atoms with van der Waals surface area (Å²) in [6, 6.07) is 0. The smallest absolute Gasteiger partial charge is 0.0810 e. The highest BCUT2D eigenvalue weighted by molar-refractivity contribution is 4.68. The van der Waals surface area contributed by atoms with Crippen molar-refractivity contribution in [2.24, 2.45) is 0 Å². The number of ether oxygens (including phenoxy) is 2. The van der Waals surface area contributed by atoms with Gasteiger partial charge in [-0.25, -0.2) is 0 Å². The first-order valence-corrected chi connectivity index (χ1v) is 11.6. The molecule has 0 aliphatic carbocycles. The summed E-state index contributed by atoms with van der Waals surface area (Å²) >= 11 is 0. The van der Waals surface area contributed by atoms with Gasteiger partial charge in [-0.1, -0.05) is 110 Å². The maximum atomic E-state index is 5.17. The van der Waals surface area contributed by atoms with Gasteiger partial charge in [0.25, 0.3) is 0 Å². The summed E-state index contributed by atoms with van der Waals surface area (Å²) in [7, 11) is 0. The lowest BCUT2D eigenvalue weighted by atomic mass is 10.1. The molecule has 0 amide bonds. The topological polar surface area (TPSA) is 25.1 Å². The third-order valence-electron chi connectivity index (χ3n) is 5.31. The average Bonchev–Trinajstić information content (AvgIpc) is 3.52. The molecule has 2 heterocycles. The second-order valence-corrected chi connectivity index (χ2v) is 8.08. The fourth-order valence-corrected chi connectivity index (χ4v) is 3.30. The molecule has 2 rings (SSSR count). The Hall–Kier alpha value is -0.0800. The minimum Gasteiger partial charge on any atom is -0.373 e. The van der Waals surface area contributed by atoms with Crippen LogP contribution >= 0.6 is 0 Å². The molecule has 2 unspecified atom stereocenters. The molecular formula is C23H46O2. The van der Waals surface area contributed by atoms with E-state index in [0.717, 1.165) is 13.2 Å². The van der Waals surface area contributed by atoms with Gasteiger partial charge in [-0.2, -0.15) is 0 Å². The zero-order valence-electron chi connectivity index (χ0n) is 17.4. The zero-order chi connectivity index (χ0) is 18.0. The molecule has 0 spiro atoms. The molecule has 2 aliphatic rings. The van der Waals surface area contributed by atoms with Crippen molar-refractivity contribution in [1.29, 1.82) is 0 Å². The highest BCUT2D eigenvalue weighted by Crippen LogP contribution is 2.19. The van der Waals surface area contributed by atoms with E-state index in [1.165, 1.54) is 109 Å². The van der Waals surface area contributed by atoms with Crippen LogP contribution in [0.3, 0.4) is 0 Å². The summed E-state index contributed by atoms with van der Waals surface area (Å²) in [5.74, 6) is 0. The van der Waals surface area contributed by atoms with Crippen LogP contribution in [0.1, 0.15) is 123 Å². The van der Waals surface area contributed by atoms with Gasteiger partial charge in [0.2, 0.25) is 0 Å². The van der Waals surface area contributed by atoms with E-state index in [4.69, 9.17) is 9.47 Å². The number of unbranched alkanes of at least 4 members (excludes halogenated alkanes) is 13. The number of rotatable bonds is 17. The Bertz CT molecular complexity index is 259. The van der Waals surface area contributed by atoms with Crippen molar-refractivity contribution in [2.75, 3.05) is 13.2 Å². The first kappa shape index (κ1) is 23.0. The van der Waals surface area contributed by atoms with Gasteiger partial charge in [-0.3, -0.25) is 0 Å². The Kier molecular flexibility index (Phi) is 15.9. The normalized spacial score (nSPS) is 20.9. The van der Waals surface area contributed by atoms with E-state index in [2.05, 4.69) is 13.8 Å². The molecule has 2 nitrogen and oxygen atoms in total. The van der Waals surface area contributed by atoms with Crippen LogP contribution in [0.5, 0.6) is 0 Å². The van der Waals surface area contributed by atoms with E-state index >= 15 is 0 Å². The quantitative estimate of drug-likeness (QED) is 0.200. The molecule has 2 aliphatic heterocycles. The molecule has 150 valence electrons. The molecule has 2 fully saturated rings. The van der Waals surface area contributed by atoms with Crippen molar-refractivity contribution in [2.45, 2.75) is 135 Å². The SMILES string of the molecule is CCCCCCCCCC1CO1.CCCCCCCCCCC1CO1. The predicted molar refractivity (Wildman–Crippen MR) is 109 cm³/mol. The number of hydrogen-bond donors (Lipinski definition) is 0. The van der Waals surface area contributed by atoms with Gasteiger partial charge in [0, 0.05) is 0 Å². The van der Waals surface area contributed by atoms with Crippen LogP contribution in [0.25, 0.3) is 0 Å². The van der Waals surface area contributed by atoms with Crippen molar-refractivity contribution >= 4 is 0 Å². The summed E-state index contributed by atoms with van der Waals surface area (Å²) in [4.78, 5) is 0. The van der Waals surface area contributed by atoms with Crippen LogP contribution in [0.4, 0.5) is 0 Å². The van der Waals surface area contributed by atoms with E-state index in [-0.39, 0.29) is 0 Å². The molecule has 2 saturated heterocycles. The minimum absolute atomic E-state index is 0.653. The summed E-state index contributed by atoms with van der Waals surface area (Å²) in [6.45, 7) is 6.62. The monoisotopic (exact) mass is 354 g/mol. The lowest BCUT2D eigenvalue weighted by Crippen LogP contribution is -1.85. The van der Waals surface area contributed by atoms with E-state index in [9.17, 15) is 0 Å². The summed E-state index contributed by atoms with van der Waals surface area (Å²) in [5, 5.41) is 0. The van der Waals surface area contributed by atoms with Gasteiger partial charge in [0.1, 0.15) is 0 Å². The Morgan fingerprint density at radius 1 is 0.480 bits per heavy atom. The Morgan fingerprint density at radius 3 is 1.04 bits per heavy atom. The van der Waals surface area contributed by atoms with E-state index < -0.39 is 0 Å². The molecule has 0 aromatic carbocycles. The number of hydrogen-bond acceptors (Lipinski definition) is 2. The van der Waals surface area contributed by atoms with E-state index in [1.807, 2.05) is 0 Å². The zero-order valence-corrected chi connectivity index (χ0v) is 17.4. The number of epoxide rings is 2. The molecule has 0 aromatic heterocycles. The molecular weight excluding hydrogens is 308 g/mol. The fraction of sp³-hybridized carbons (Fsp3) is 1.00. The molecule has 0 bridgehead atoms. The molecule has 0 N–H and O–H groups in total. The largest absolute Gasteiger partial charge is 0.373 e. The van der Waals surface area contributed by atoms with Crippen molar-refractivity contribution in [3.05, 3.63) is 0 Å². The van der Waals surface area contributed by atoms with Crippen LogP contribution in [-0.4, -0.2) is 25.4 Å². The Morgan fingerprint density at radius 2 is 0.760 bits per heavy atom. The van der Waals surface area contributed by atoms with Gasteiger partial charge < -0.3 is 9.47 Å². The highest BCUT2D eigenvalue weighted by Gasteiger charge is 2.21. The fourth-order valence-electron chi connectivity index (χ4n) is 3.30. The van der Waals surface area contributed by atoms with Crippen molar-refractivity contribution in [3.63, 3.8) is 0 Å². The molecule has 2 atom stereocenters. The van der Waals surface area contributed by atoms with Gasteiger partial charge in [0.15, 0.2) is 0 Å². The molecule has 0 radical (unpaired) electrons. The summed E-state index contributed by atoms with van der Waals surface area (Å²) < 4.78 is 10.3. The second-order valence-electron chi connectivity index (χ2n) is 8.08. The lowest BCUT2D eigenvalue weighted by molar-refractivity contribution is 0.387. The van der Waals surface area contributed by atoms with Gasteiger partial charge in [0.05, 0.1) is 25.4 Å². The van der Waals surface area contributed by atoms with Crippen LogP contribution in [0.15, 0.2) is 0 Å². The van der Waals surface area contributed by atoms with Crippen LogP contribution in [0.2, 0.25) is 0 Å². The van der Waals surface area contributed by atoms with Crippen molar-refractivity contribution in [3.8, 4) is 0 Å². The minimum atomic E-state index is 0.653. The lowest BCUT2D eigenvalue weighted by Gasteiger charge is -1.99.